The number of rotatable bonds is 4. The zero-order valence-electron chi connectivity index (χ0n) is 12.6. The number of benzene rings is 1. The van der Waals surface area contributed by atoms with Crippen molar-refractivity contribution >= 4 is 39.1 Å². The fraction of sp³-hybridized carbons (Fsp3) is 0.429. The number of carbonyl (C=O) groups is 1. The summed E-state index contributed by atoms with van der Waals surface area (Å²) in [7, 11) is -3.26. The number of oxazole rings is 1. The number of carbonyl (C=O) groups excluding carboxylic acids is 1. The van der Waals surface area contributed by atoms with Crippen molar-refractivity contribution in [1.82, 2.24) is 10.3 Å². The molecule has 0 aliphatic rings. The van der Waals surface area contributed by atoms with E-state index >= 15 is 0 Å². The van der Waals surface area contributed by atoms with Crippen molar-refractivity contribution in [1.29, 1.82) is 0 Å². The third kappa shape index (κ3) is 3.56. The Morgan fingerprint density at radius 1 is 1.36 bits per heavy atom. The van der Waals surface area contributed by atoms with Gasteiger partial charge in [-0.25, -0.2) is 8.42 Å². The number of amides is 1. The summed E-state index contributed by atoms with van der Waals surface area (Å²) in [6.45, 7) is 4.97. The van der Waals surface area contributed by atoms with Crippen molar-refractivity contribution in [3.63, 3.8) is 0 Å². The van der Waals surface area contributed by atoms with E-state index in [0.717, 1.165) is 0 Å². The molecule has 8 heteroatoms. The van der Waals surface area contributed by atoms with E-state index in [9.17, 15) is 13.2 Å². The Balaban J connectivity index is 2.04. The highest BCUT2D eigenvalue weighted by Gasteiger charge is 2.28. The molecule has 0 aliphatic heterocycles. The van der Waals surface area contributed by atoms with E-state index in [0.29, 0.717) is 16.7 Å². The maximum Gasteiger partial charge on any atom is 0.266 e. The van der Waals surface area contributed by atoms with Gasteiger partial charge in [0.2, 0.25) is 0 Å². The molecule has 0 aliphatic carbocycles. The molecule has 22 heavy (non-hydrogen) atoms. The predicted octanol–water partition coefficient (Wildman–Crippen LogP) is 2.43. The monoisotopic (exact) mass is 342 g/mol. The van der Waals surface area contributed by atoms with Crippen LogP contribution in [0, 0.1) is 4.84 Å². The first kappa shape index (κ1) is 16.7. The molecule has 6 nitrogen and oxygen atoms in total. The summed E-state index contributed by atoms with van der Waals surface area (Å²) in [5.41, 5.74) is 1.58. The van der Waals surface area contributed by atoms with Crippen LogP contribution in [0.4, 0.5) is 0 Å². The van der Waals surface area contributed by atoms with Crippen molar-refractivity contribution in [2.75, 3.05) is 12.3 Å². The van der Waals surface area contributed by atoms with Crippen LogP contribution in [0.3, 0.4) is 0 Å². The average molecular weight is 342 g/mol. The molecular formula is C14H18N2O4S2. The Morgan fingerprint density at radius 3 is 2.68 bits per heavy atom. The van der Waals surface area contributed by atoms with Crippen LogP contribution in [0.15, 0.2) is 22.6 Å². The fourth-order valence-corrected chi connectivity index (χ4v) is 2.98. The smallest absolute Gasteiger partial charge is 0.266 e. The van der Waals surface area contributed by atoms with Crippen LogP contribution < -0.4 is 5.32 Å². The number of fused-ring (bicyclic) bond motifs is 1. The maximum absolute atomic E-state index is 12.0. The molecule has 0 spiro atoms. The molecule has 2 N–H and O–H groups in total. The van der Waals surface area contributed by atoms with Crippen molar-refractivity contribution in [2.24, 2.45) is 0 Å². The standard InChI is InChI=1S/C14H18N2O4S2/c1-14(2,3)22(18,19)7-6-15-12(17)9-4-5-10-11(8-9)20-13(21)16-10/h4-5,8H,6-7H2,1-3H3,(H,15,17)(H,16,21). The Bertz CT molecular complexity index is 857. The normalized spacial score (nSPS) is 12.5. The van der Waals surface area contributed by atoms with Gasteiger partial charge in [0.25, 0.3) is 10.7 Å². The average Bonchev–Trinajstić information content (AvgIpc) is 2.75. The third-order valence-electron chi connectivity index (χ3n) is 3.27. The molecule has 0 fully saturated rings. The SMILES string of the molecule is CC(C)(C)S(=O)(=O)CCNC(=O)c1ccc2[nH]c(=S)oc2c1. The van der Waals surface area contributed by atoms with Gasteiger partial charge in [-0.2, -0.15) is 0 Å². The highest BCUT2D eigenvalue weighted by atomic mass is 32.2. The molecule has 0 saturated heterocycles. The molecule has 1 aromatic carbocycles. The van der Waals surface area contributed by atoms with E-state index in [1.54, 1.807) is 39.0 Å². The largest absolute Gasteiger partial charge is 0.429 e. The predicted molar refractivity (Wildman–Crippen MR) is 87.3 cm³/mol. The van der Waals surface area contributed by atoms with Gasteiger partial charge >= 0.3 is 0 Å². The minimum Gasteiger partial charge on any atom is -0.429 e. The van der Waals surface area contributed by atoms with Gasteiger partial charge < -0.3 is 14.7 Å². The lowest BCUT2D eigenvalue weighted by Crippen LogP contribution is -2.36. The van der Waals surface area contributed by atoms with Crippen molar-refractivity contribution in [3.8, 4) is 0 Å². The van der Waals surface area contributed by atoms with Crippen molar-refractivity contribution < 1.29 is 17.6 Å². The second-order valence-corrected chi connectivity index (χ2v) is 9.15. The Hall–Kier alpha value is -1.67. The zero-order chi connectivity index (χ0) is 16.5. The minimum absolute atomic E-state index is 0.0625. The molecular weight excluding hydrogens is 324 g/mol. The number of sulfone groups is 1. The third-order valence-corrected chi connectivity index (χ3v) is 6.07. The van der Waals surface area contributed by atoms with Gasteiger partial charge in [-0.05, 0) is 51.2 Å². The van der Waals surface area contributed by atoms with Gasteiger partial charge in [0.15, 0.2) is 15.4 Å². The Kier molecular flexibility index (Phi) is 4.44. The van der Waals surface area contributed by atoms with Crippen molar-refractivity contribution in [3.05, 3.63) is 28.6 Å². The number of H-pyrrole nitrogens is 1. The number of aromatic amines is 1. The van der Waals surface area contributed by atoms with E-state index < -0.39 is 14.6 Å². The molecule has 0 bridgehead atoms. The van der Waals surface area contributed by atoms with Crippen LogP contribution >= 0.6 is 12.2 Å². The lowest BCUT2D eigenvalue weighted by molar-refractivity contribution is 0.0956. The van der Waals surface area contributed by atoms with Gasteiger partial charge in [-0.15, -0.1) is 0 Å². The highest BCUT2D eigenvalue weighted by molar-refractivity contribution is 7.92. The van der Waals surface area contributed by atoms with Gasteiger partial charge in [0.1, 0.15) is 0 Å². The van der Waals surface area contributed by atoms with Crippen LogP contribution in [0.2, 0.25) is 0 Å². The summed E-state index contributed by atoms with van der Waals surface area (Å²) in [6.07, 6.45) is 0. The quantitative estimate of drug-likeness (QED) is 0.833. The van der Waals surface area contributed by atoms with Crippen LogP contribution in [0.1, 0.15) is 31.1 Å². The van der Waals surface area contributed by atoms with Crippen LogP contribution in [0.5, 0.6) is 0 Å². The number of hydrogen-bond acceptors (Lipinski definition) is 5. The van der Waals surface area contributed by atoms with E-state index in [-0.39, 0.29) is 23.0 Å². The van der Waals surface area contributed by atoms with E-state index in [2.05, 4.69) is 10.3 Å². The molecule has 0 unspecified atom stereocenters. The molecule has 0 saturated carbocycles. The van der Waals surface area contributed by atoms with E-state index in [1.165, 1.54) is 0 Å². The molecule has 2 aromatic rings. The van der Waals surface area contributed by atoms with Gasteiger partial charge in [0.05, 0.1) is 16.0 Å². The number of nitrogens with one attached hydrogen (secondary N) is 2. The zero-order valence-corrected chi connectivity index (χ0v) is 14.2. The summed E-state index contributed by atoms with van der Waals surface area (Å²) in [5, 5.41) is 2.60. The van der Waals surface area contributed by atoms with Crippen LogP contribution in [0.25, 0.3) is 11.1 Å². The highest BCUT2D eigenvalue weighted by Crippen LogP contribution is 2.16. The maximum atomic E-state index is 12.0. The van der Waals surface area contributed by atoms with Gasteiger partial charge in [-0.1, -0.05) is 0 Å². The second kappa shape index (κ2) is 5.85. The summed E-state index contributed by atoms with van der Waals surface area (Å²) in [5.74, 6) is -0.455. The summed E-state index contributed by atoms with van der Waals surface area (Å²) >= 11 is 4.88. The molecule has 1 aromatic heterocycles. The van der Waals surface area contributed by atoms with Crippen LogP contribution in [-0.4, -0.2) is 36.4 Å². The molecule has 0 radical (unpaired) electrons. The van der Waals surface area contributed by atoms with Gasteiger partial charge in [0, 0.05) is 12.1 Å². The first-order chi connectivity index (χ1) is 10.1. The van der Waals surface area contributed by atoms with Gasteiger partial charge in [-0.3, -0.25) is 4.79 Å². The molecule has 0 atom stereocenters. The van der Waals surface area contributed by atoms with E-state index in [4.69, 9.17) is 16.6 Å². The Labute approximate surface area is 133 Å². The molecule has 1 amide bonds. The van der Waals surface area contributed by atoms with E-state index in [1.807, 2.05) is 0 Å². The number of aromatic nitrogens is 1. The van der Waals surface area contributed by atoms with Crippen LogP contribution in [-0.2, 0) is 9.84 Å². The summed E-state index contributed by atoms with van der Waals surface area (Å²) in [4.78, 5) is 15.1. The lowest BCUT2D eigenvalue weighted by atomic mass is 10.2. The summed E-state index contributed by atoms with van der Waals surface area (Å²) < 4.78 is 28.3. The minimum atomic E-state index is -3.26. The molecule has 1 heterocycles. The van der Waals surface area contributed by atoms with Crippen molar-refractivity contribution in [2.45, 2.75) is 25.5 Å². The second-order valence-electron chi connectivity index (χ2n) is 5.91. The summed E-state index contributed by atoms with van der Waals surface area (Å²) in [6, 6.07) is 4.88. The topological polar surface area (TPSA) is 92.2 Å². The first-order valence-electron chi connectivity index (χ1n) is 6.73. The molecule has 120 valence electrons. The first-order valence-corrected chi connectivity index (χ1v) is 8.79. The Morgan fingerprint density at radius 2 is 2.05 bits per heavy atom. The molecule has 2 rings (SSSR count). The number of hydrogen-bond donors (Lipinski definition) is 2. The fourth-order valence-electron chi connectivity index (χ4n) is 1.79. The lowest BCUT2D eigenvalue weighted by Gasteiger charge is -2.19.